The summed E-state index contributed by atoms with van der Waals surface area (Å²) in [5.41, 5.74) is 0.511. The van der Waals surface area contributed by atoms with Crippen LogP contribution >= 0.6 is 0 Å². The van der Waals surface area contributed by atoms with Gasteiger partial charge in [-0.1, -0.05) is 0 Å². The third kappa shape index (κ3) is 4.04. The fourth-order valence-corrected chi connectivity index (χ4v) is 1.17. The van der Waals surface area contributed by atoms with Crippen molar-refractivity contribution in [3.05, 3.63) is 24.3 Å². The predicted octanol–water partition coefficient (Wildman–Crippen LogP) is -1.23. The summed E-state index contributed by atoms with van der Waals surface area (Å²) in [6.07, 6.45) is 0. The maximum atomic E-state index is 10.7. The average molecular weight is 201 g/mol. The van der Waals surface area contributed by atoms with Crippen molar-refractivity contribution in [3.8, 4) is 0 Å². The van der Waals surface area contributed by atoms with Crippen LogP contribution in [-0.2, 0) is 10.0 Å². The molecule has 0 unspecified atom stereocenters. The van der Waals surface area contributed by atoms with Gasteiger partial charge in [0.15, 0.2) is 0 Å². The third-order valence-electron chi connectivity index (χ3n) is 1.21. The van der Waals surface area contributed by atoms with Gasteiger partial charge in [0.05, 0.1) is 0 Å². The molecule has 70 valence electrons. The van der Waals surface area contributed by atoms with E-state index in [9.17, 15) is 8.42 Å². The van der Waals surface area contributed by atoms with Crippen LogP contribution in [0, 0.1) is 0 Å². The standard InChI is InChI=1S/C6H6BNO2S.2H2O/c7-5-1-3-6(4-2-5)11(8,9)10;;/h1-4H,(H2,8,9,10);2*1H2/q+2;;/p-2. The number of primary sulfonamides is 1. The fourth-order valence-electron chi connectivity index (χ4n) is 0.658. The predicted molar refractivity (Wildman–Crippen MR) is 47.1 cm³/mol. The molecule has 13 heavy (non-hydrogen) atoms. The van der Waals surface area contributed by atoms with Gasteiger partial charge < -0.3 is 11.0 Å². The van der Waals surface area contributed by atoms with E-state index >= 15 is 0 Å². The van der Waals surface area contributed by atoms with Crippen LogP contribution in [0.3, 0.4) is 0 Å². The minimum Gasteiger partial charge on any atom is -0.870 e. The van der Waals surface area contributed by atoms with Crippen molar-refractivity contribution in [2.75, 3.05) is 0 Å². The molecule has 7 heteroatoms. The first-order chi connectivity index (χ1) is 5.00. The Kier molecular flexibility index (Phi) is 5.60. The Bertz CT molecular complexity index is 347. The molecule has 0 saturated heterocycles. The van der Waals surface area contributed by atoms with Crippen LogP contribution < -0.4 is 10.6 Å². The number of sulfonamides is 1. The van der Waals surface area contributed by atoms with E-state index in [2.05, 4.69) is 0 Å². The topological polar surface area (TPSA) is 120 Å². The second-order valence-corrected chi connectivity index (χ2v) is 3.68. The summed E-state index contributed by atoms with van der Waals surface area (Å²) >= 11 is 0. The summed E-state index contributed by atoms with van der Waals surface area (Å²) < 4.78 is 21.4. The van der Waals surface area contributed by atoms with E-state index in [0.29, 0.717) is 5.46 Å². The molecule has 0 radical (unpaired) electrons. The zero-order chi connectivity index (χ0) is 8.48. The zero-order valence-electron chi connectivity index (χ0n) is 6.58. The summed E-state index contributed by atoms with van der Waals surface area (Å²) in [6, 6.07) is 5.70. The van der Waals surface area contributed by atoms with E-state index in [0.717, 1.165) is 0 Å². The quantitative estimate of drug-likeness (QED) is 0.572. The van der Waals surface area contributed by atoms with Crippen LogP contribution in [-0.4, -0.2) is 27.2 Å². The summed E-state index contributed by atoms with van der Waals surface area (Å²) in [6.45, 7) is 0. The van der Waals surface area contributed by atoms with Crippen molar-refractivity contribution < 1.29 is 19.4 Å². The maximum absolute atomic E-state index is 10.7. The van der Waals surface area contributed by atoms with Gasteiger partial charge in [0, 0.05) is 0 Å². The molecule has 0 spiro atoms. The first kappa shape index (κ1) is 14.6. The minimum absolute atomic E-state index is 0. The van der Waals surface area contributed by atoms with Crippen LogP contribution in [0.4, 0.5) is 0 Å². The van der Waals surface area contributed by atoms with Gasteiger partial charge in [-0.25, -0.2) is 0 Å². The smallest absolute Gasteiger partial charge is 0.870 e. The maximum Gasteiger partial charge on any atom is -0.870 e. The zero-order valence-corrected chi connectivity index (χ0v) is 7.40. The molecule has 0 aliphatic rings. The summed E-state index contributed by atoms with van der Waals surface area (Å²) in [7, 11) is 1.76. The molecule has 0 saturated carbocycles. The number of benzene rings is 1. The van der Waals surface area contributed by atoms with Gasteiger partial charge in [0.1, 0.15) is 0 Å². The Morgan fingerprint density at radius 2 is 1.46 bits per heavy atom. The Morgan fingerprint density at radius 1 is 1.08 bits per heavy atom. The fraction of sp³-hybridized carbons (Fsp3) is 0. The molecule has 0 aliphatic carbocycles. The van der Waals surface area contributed by atoms with Gasteiger partial charge >= 0.3 is 66.1 Å². The monoisotopic (exact) mass is 201 g/mol. The molecule has 0 amide bonds. The summed E-state index contributed by atoms with van der Waals surface area (Å²) in [5, 5.41) is 4.84. The van der Waals surface area contributed by atoms with Crippen molar-refractivity contribution >= 4 is 23.3 Å². The molecular weight excluding hydrogens is 193 g/mol. The van der Waals surface area contributed by atoms with Crippen LogP contribution in [0.5, 0.6) is 0 Å². The molecule has 1 aromatic carbocycles. The number of nitrogens with two attached hydrogens (primary N) is 1. The molecule has 0 bridgehead atoms. The van der Waals surface area contributed by atoms with E-state index in [1.54, 1.807) is 0 Å². The largest absolute Gasteiger partial charge is 0.870 e. The van der Waals surface area contributed by atoms with Gasteiger partial charge in [-0.2, -0.15) is 0 Å². The molecule has 4 N–H and O–H groups in total. The SMILES string of the molecule is [B+2]c1ccc(S(N)(=O)=O)cc1.[OH-].[OH-]. The van der Waals surface area contributed by atoms with Crippen LogP contribution in [0.25, 0.3) is 0 Å². The first-order valence-electron chi connectivity index (χ1n) is 2.88. The molecule has 1 rings (SSSR count). The first-order valence-corrected chi connectivity index (χ1v) is 4.43. The molecule has 0 heterocycles. The van der Waals surface area contributed by atoms with Crippen molar-refractivity contribution in [1.29, 1.82) is 0 Å². The van der Waals surface area contributed by atoms with Crippen LogP contribution in [0.2, 0.25) is 0 Å². The average Bonchev–Trinajstić information content (AvgIpc) is 1.86. The van der Waals surface area contributed by atoms with Gasteiger partial charge in [-0.05, 0) is 0 Å². The van der Waals surface area contributed by atoms with Gasteiger partial charge in [-0.3, -0.25) is 0 Å². The Morgan fingerprint density at radius 3 is 1.77 bits per heavy atom. The van der Waals surface area contributed by atoms with Crippen LogP contribution in [0.1, 0.15) is 0 Å². The van der Waals surface area contributed by atoms with E-state index in [4.69, 9.17) is 13.0 Å². The van der Waals surface area contributed by atoms with E-state index in [-0.39, 0.29) is 15.8 Å². The van der Waals surface area contributed by atoms with Gasteiger partial charge in [0.2, 0.25) is 0 Å². The van der Waals surface area contributed by atoms with Crippen molar-refractivity contribution in [3.63, 3.8) is 0 Å². The number of hydrogen-bond donors (Lipinski definition) is 1. The normalized spacial score (nSPS) is 9.77. The van der Waals surface area contributed by atoms with E-state index in [1.807, 2.05) is 0 Å². The summed E-state index contributed by atoms with van der Waals surface area (Å²) in [4.78, 5) is 0.0756. The van der Waals surface area contributed by atoms with Crippen LogP contribution in [0.15, 0.2) is 29.2 Å². The molecular formula is C6H8BNO4S. The molecule has 1 aromatic rings. The Balaban J connectivity index is 0. The van der Waals surface area contributed by atoms with Gasteiger partial charge in [0.25, 0.3) is 0 Å². The van der Waals surface area contributed by atoms with E-state index in [1.165, 1.54) is 24.3 Å². The Hall–Kier alpha value is -0.885. The van der Waals surface area contributed by atoms with Crippen molar-refractivity contribution in [2.24, 2.45) is 5.14 Å². The summed E-state index contributed by atoms with van der Waals surface area (Å²) in [5.74, 6) is 0. The van der Waals surface area contributed by atoms with E-state index < -0.39 is 10.0 Å². The third-order valence-corrected chi connectivity index (χ3v) is 2.14. The van der Waals surface area contributed by atoms with Crippen molar-refractivity contribution in [2.45, 2.75) is 4.90 Å². The second-order valence-electron chi connectivity index (χ2n) is 2.11. The number of hydrogen-bond acceptors (Lipinski definition) is 4. The minimum atomic E-state index is -3.58. The Labute approximate surface area is 77.6 Å². The number of rotatable bonds is 1. The second kappa shape index (κ2) is 4.98. The van der Waals surface area contributed by atoms with Gasteiger partial charge in [-0.15, -0.1) is 0 Å². The molecule has 5 nitrogen and oxygen atoms in total. The molecule has 0 atom stereocenters. The molecule has 0 aliphatic heterocycles. The molecule has 0 fully saturated rings. The van der Waals surface area contributed by atoms with Crippen molar-refractivity contribution in [1.82, 2.24) is 0 Å². The molecule has 0 aromatic heterocycles.